The van der Waals surface area contributed by atoms with E-state index in [1.165, 1.54) is 25.7 Å². The van der Waals surface area contributed by atoms with Crippen LogP contribution in [0.5, 0.6) is 11.5 Å². The molecule has 2 atom stereocenters. The lowest BCUT2D eigenvalue weighted by molar-refractivity contribution is 0.00152. The van der Waals surface area contributed by atoms with Gasteiger partial charge in [-0.2, -0.15) is 0 Å². The third-order valence-electron chi connectivity index (χ3n) is 5.81. The Morgan fingerprint density at radius 2 is 1.56 bits per heavy atom. The average Bonchev–Trinajstić information content (AvgIpc) is 3.33. The second kappa shape index (κ2) is 11.7. The van der Waals surface area contributed by atoms with Crippen LogP contribution in [0, 0.1) is 6.92 Å². The number of sulfonamides is 1. The molecule has 3 heterocycles. The Labute approximate surface area is 227 Å². The van der Waals surface area contributed by atoms with E-state index in [2.05, 4.69) is 29.9 Å². The summed E-state index contributed by atoms with van der Waals surface area (Å²) in [6.45, 7) is 7.01. The Hall–Kier alpha value is -4.10. The van der Waals surface area contributed by atoms with E-state index >= 15 is 0 Å². The topological polar surface area (TPSA) is 143 Å². The lowest BCUT2D eigenvalue weighted by Crippen LogP contribution is -2.35. The number of hydrogen-bond acceptors (Lipinski definition) is 10. The fraction of sp³-hybridized carbons (Fsp3) is 0.346. The first-order valence-corrected chi connectivity index (χ1v) is 13.7. The van der Waals surface area contributed by atoms with Gasteiger partial charge in [-0.15, -0.1) is 10.2 Å². The van der Waals surface area contributed by atoms with Crippen LogP contribution in [-0.4, -0.2) is 63.7 Å². The third-order valence-corrected chi connectivity index (χ3v) is 7.50. The van der Waals surface area contributed by atoms with Crippen LogP contribution >= 0.6 is 0 Å². The average molecular weight is 554 g/mol. The Morgan fingerprint density at radius 3 is 2.13 bits per heavy atom. The van der Waals surface area contributed by atoms with Gasteiger partial charge >= 0.3 is 0 Å². The van der Waals surface area contributed by atoms with Crippen molar-refractivity contribution in [2.75, 3.05) is 18.9 Å². The molecule has 4 rings (SSSR count). The van der Waals surface area contributed by atoms with Crippen molar-refractivity contribution >= 4 is 16.0 Å². The number of ether oxygens (including phenoxy) is 3. The van der Waals surface area contributed by atoms with Crippen molar-refractivity contribution in [3.05, 3.63) is 66.4 Å². The zero-order valence-corrected chi connectivity index (χ0v) is 23.4. The summed E-state index contributed by atoms with van der Waals surface area (Å²) >= 11 is 0. The van der Waals surface area contributed by atoms with E-state index in [0.29, 0.717) is 22.9 Å². The quantitative estimate of drug-likeness (QED) is 0.292. The molecule has 0 amide bonds. The molecule has 0 saturated carbocycles. The molecule has 0 bridgehead atoms. The number of nitrogens with one attached hydrogen (secondary N) is 1. The van der Waals surface area contributed by atoms with Gasteiger partial charge in [-0.3, -0.25) is 14.3 Å². The van der Waals surface area contributed by atoms with Crippen molar-refractivity contribution < 1.29 is 22.6 Å². The minimum atomic E-state index is -4.14. The molecule has 0 saturated heterocycles. The van der Waals surface area contributed by atoms with Crippen molar-refractivity contribution in [1.29, 1.82) is 0 Å². The SMILES string of the molecule is COc1cccc(OC)c1-n1c(NS(=O)(=O)[C@@H](C)[C@@H](OC(C)C)c2ncc(C)cn2)nnc1-c1ccccn1. The first kappa shape index (κ1) is 27.9. The number of aromatic nitrogens is 6. The van der Waals surface area contributed by atoms with Crippen LogP contribution in [0.1, 0.15) is 38.3 Å². The highest BCUT2D eigenvalue weighted by Crippen LogP contribution is 2.37. The predicted octanol–water partition coefficient (Wildman–Crippen LogP) is 3.74. The molecule has 39 heavy (non-hydrogen) atoms. The normalized spacial score (nSPS) is 13.2. The number of hydrogen-bond donors (Lipinski definition) is 1. The second-order valence-electron chi connectivity index (χ2n) is 8.98. The zero-order chi connectivity index (χ0) is 28.2. The van der Waals surface area contributed by atoms with E-state index < -0.39 is 21.4 Å². The molecule has 4 aromatic rings. The zero-order valence-electron chi connectivity index (χ0n) is 22.6. The van der Waals surface area contributed by atoms with Gasteiger partial charge in [0.2, 0.25) is 16.0 Å². The second-order valence-corrected chi connectivity index (χ2v) is 11.0. The number of anilines is 1. The van der Waals surface area contributed by atoms with Gasteiger partial charge in [0.15, 0.2) is 11.6 Å². The molecule has 0 unspecified atom stereocenters. The van der Waals surface area contributed by atoms with Crippen molar-refractivity contribution in [3.63, 3.8) is 0 Å². The van der Waals surface area contributed by atoms with E-state index in [9.17, 15) is 8.42 Å². The number of methoxy groups -OCH3 is 2. The molecule has 0 spiro atoms. The maximum absolute atomic E-state index is 13.8. The summed E-state index contributed by atoms with van der Waals surface area (Å²) in [4.78, 5) is 13.0. The molecule has 1 N–H and O–H groups in total. The summed E-state index contributed by atoms with van der Waals surface area (Å²) in [5.74, 6) is 1.27. The number of para-hydroxylation sites is 1. The minimum absolute atomic E-state index is 0.0848. The number of benzene rings is 1. The molecule has 1 aromatic carbocycles. The predicted molar refractivity (Wildman–Crippen MR) is 145 cm³/mol. The smallest absolute Gasteiger partial charge is 0.243 e. The Balaban J connectivity index is 1.83. The molecule has 206 valence electrons. The summed E-state index contributed by atoms with van der Waals surface area (Å²) in [6.07, 6.45) is 3.62. The molecule has 0 aliphatic rings. The van der Waals surface area contributed by atoms with Crippen LogP contribution in [0.15, 0.2) is 55.0 Å². The van der Waals surface area contributed by atoms with Crippen LogP contribution in [0.25, 0.3) is 17.2 Å². The molecule has 3 aromatic heterocycles. The highest BCUT2D eigenvalue weighted by Gasteiger charge is 2.36. The van der Waals surface area contributed by atoms with Gasteiger partial charge in [-0.05, 0) is 57.5 Å². The van der Waals surface area contributed by atoms with Gasteiger partial charge in [0.1, 0.15) is 34.2 Å². The Bertz CT molecular complexity index is 1490. The van der Waals surface area contributed by atoms with Crippen LogP contribution in [-0.2, 0) is 14.8 Å². The molecule has 0 radical (unpaired) electrons. The Morgan fingerprint density at radius 1 is 0.897 bits per heavy atom. The number of pyridine rings is 1. The number of aryl methyl sites for hydroxylation is 1. The van der Waals surface area contributed by atoms with Gasteiger partial charge in [0.25, 0.3) is 0 Å². The largest absolute Gasteiger partial charge is 0.494 e. The van der Waals surface area contributed by atoms with E-state index in [-0.39, 0.29) is 23.7 Å². The van der Waals surface area contributed by atoms with Crippen LogP contribution in [0.4, 0.5) is 5.95 Å². The molecular formula is C26H31N7O5S. The fourth-order valence-electron chi connectivity index (χ4n) is 3.88. The third kappa shape index (κ3) is 5.99. The lowest BCUT2D eigenvalue weighted by Gasteiger charge is -2.25. The van der Waals surface area contributed by atoms with Gasteiger partial charge < -0.3 is 14.2 Å². The van der Waals surface area contributed by atoms with Crippen LogP contribution in [0.3, 0.4) is 0 Å². The van der Waals surface area contributed by atoms with Crippen LogP contribution in [0.2, 0.25) is 0 Å². The van der Waals surface area contributed by atoms with Gasteiger partial charge in [-0.25, -0.2) is 18.4 Å². The minimum Gasteiger partial charge on any atom is -0.494 e. The van der Waals surface area contributed by atoms with Crippen molar-refractivity contribution in [3.8, 4) is 28.7 Å². The van der Waals surface area contributed by atoms with E-state index in [4.69, 9.17) is 14.2 Å². The monoisotopic (exact) mass is 553 g/mol. The first-order chi connectivity index (χ1) is 18.7. The van der Waals surface area contributed by atoms with E-state index in [1.54, 1.807) is 55.0 Å². The van der Waals surface area contributed by atoms with E-state index in [0.717, 1.165) is 5.56 Å². The summed E-state index contributed by atoms with van der Waals surface area (Å²) in [5, 5.41) is 7.36. The highest BCUT2D eigenvalue weighted by molar-refractivity contribution is 7.93. The molecular weight excluding hydrogens is 522 g/mol. The highest BCUT2D eigenvalue weighted by atomic mass is 32.2. The maximum atomic E-state index is 13.8. The molecule has 0 aliphatic heterocycles. The van der Waals surface area contributed by atoms with Crippen LogP contribution < -0.4 is 14.2 Å². The van der Waals surface area contributed by atoms with Crippen molar-refractivity contribution in [2.45, 2.75) is 45.2 Å². The van der Waals surface area contributed by atoms with Gasteiger partial charge in [-0.1, -0.05) is 12.1 Å². The summed E-state index contributed by atoms with van der Waals surface area (Å²) in [7, 11) is -1.13. The molecule has 13 heteroatoms. The standard InChI is InChI=1S/C26H31N7O5S/c1-16(2)38-23(24-28-14-17(3)15-29-24)18(4)39(34,35)32-26-31-30-25(19-10-7-8-13-27-19)33(26)22-20(36-5)11-9-12-21(22)37-6/h7-16,18,23H,1-6H3,(H,31,32)/t18-,23+/m0/s1. The summed E-state index contributed by atoms with van der Waals surface area (Å²) in [6, 6.07) is 10.5. The Kier molecular flexibility index (Phi) is 8.41. The molecule has 12 nitrogen and oxygen atoms in total. The van der Waals surface area contributed by atoms with Crippen molar-refractivity contribution in [1.82, 2.24) is 29.7 Å². The summed E-state index contributed by atoms with van der Waals surface area (Å²) in [5.41, 5.74) is 1.71. The summed E-state index contributed by atoms with van der Waals surface area (Å²) < 4.78 is 48.9. The number of nitrogens with zero attached hydrogens (tertiary/aromatic N) is 6. The lowest BCUT2D eigenvalue weighted by atomic mass is 10.2. The fourth-order valence-corrected chi connectivity index (χ4v) is 4.97. The van der Waals surface area contributed by atoms with Crippen molar-refractivity contribution in [2.24, 2.45) is 0 Å². The molecule has 0 aliphatic carbocycles. The maximum Gasteiger partial charge on any atom is 0.243 e. The van der Waals surface area contributed by atoms with Gasteiger partial charge in [0, 0.05) is 18.6 Å². The number of rotatable bonds is 11. The molecule has 0 fully saturated rings. The first-order valence-electron chi connectivity index (χ1n) is 12.2. The van der Waals surface area contributed by atoms with E-state index in [1.807, 2.05) is 20.8 Å². The van der Waals surface area contributed by atoms with Gasteiger partial charge in [0.05, 0.1) is 20.3 Å².